The predicted octanol–water partition coefficient (Wildman–Crippen LogP) is 5.19. The molecule has 0 saturated carbocycles. The number of thiazole rings is 1. The van der Waals surface area contributed by atoms with Gasteiger partial charge >= 0.3 is 0 Å². The molecule has 0 radical (unpaired) electrons. The van der Waals surface area contributed by atoms with Crippen LogP contribution in [0.25, 0.3) is 21.3 Å². The summed E-state index contributed by atoms with van der Waals surface area (Å²) in [4.78, 5) is 4.75. The van der Waals surface area contributed by atoms with E-state index in [0.717, 1.165) is 22.8 Å². The number of nitrogens with zero attached hydrogens (tertiary/aromatic N) is 3. The van der Waals surface area contributed by atoms with Gasteiger partial charge in [-0.2, -0.15) is 16.4 Å². The number of hydrogen-bond acceptors (Lipinski definition) is 4. The molecule has 23 heavy (non-hydrogen) atoms. The van der Waals surface area contributed by atoms with Crippen molar-refractivity contribution >= 4 is 32.9 Å². The lowest BCUT2D eigenvalue weighted by Crippen LogP contribution is -2.04. The van der Waals surface area contributed by atoms with Gasteiger partial charge in [0.1, 0.15) is 0 Å². The van der Waals surface area contributed by atoms with E-state index in [-0.39, 0.29) is 0 Å². The van der Waals surface area contributed by atoms with E-state index in [2.05, 4.69) is 58.7 Å². The third-order valence-electron chi connectivity index (χ3n) is 3.96. The van der Waals surface area contributed by atoms with E-state index in [1.807, 2.05) is 6.92 Å². The SMILES string of the molecule is Cc1cc(C)n(Cc2cc(-c3ccsc3)cc3sc(C)nc23)n1. The van der Waals surface area contributed by atoms with Crippen molar-refractivity contribution in [2.24, 2.45) is 0 Å². The lowest BCUT2D eigenvalue weighted by Gasteiger charge is -2.08. The number of thiophene rings is 1. The molecule has 3 nitrogen and oxygen atoms in total. The number of fused-ring (bicyclic) bond motifs is 1. The van der Waals surface area contributed by atoms with E-state index in [0.29, 0.717) is 0 Å². The van der Waals surface area contributed by atoms with Crippen LogP contribution in [0.2, 0.25) is 0 Å². The second-order valence-corrected chi connectivity index (χ2v) is 7.83. The van der Waals surface area contributed by atoms with E-state index in [1.165, 1.54) is 27.1 Å². The van der Waals surface area contributed by atoms with Gasteiger partial charge in [0.15, 0.2) is 0 Å². The lowest BCUT2D eigenvalue weighted by atomic mass is 10.0. The Morgan fingerprint density at radius 1 is 1.09 bits per heavy atom. The van der Waals surface area contributed by atoms with E-state index in [9.17, 15) is 0 Å². The first-order valence-electron chi connectivity index (χ1n) is 7.54. The van der Waals surface area contributed by atoms with Crippen LogP contribution in [0, 0.1) is 20.8 Å². The molecule has 0 atom stereocenters. The molecule has 0 saturated heterocycles. The minimum absolute atomic E-state index is 0.761. The highest BCUT2D eigenvalue weighted by atomic mass is 32.1. The maximum Gasteiger partial charge on any atom is 0.0907 e. The van der Waals surface area contributed by atoms with Gasteiger partial charge < -0.3 is 0 Å². The maximum absolute atomic E-state index is 4.75. The molecular weight excluding hydrogens is 322 g/mol. The van der Waals surface area contributed by atoms with E-state index in [1.54, 1.807) is 22.7 Å². The molecule has 5 heteroatoms. The summed E-state index contributed by atoms with van der Waals surface area (Å²) in [7, 11) is 0. The Balaban J connectivity index is 1.88. The fraction of sp³-hybridized carbons (Fsp3) is 0.222. The number of aromatic nitrogens is 3. The minimum Gasteiger partial charge on any atom is -0.265 e. The molecule has 0 aliphatic carbocycles. The van der Waals surface area contributed by atoms with Gasteiger partial charge in [0.25, 0.3) is 0 Å². The first-order valence-corrected chi connectivity index (χ1v) is 9.30. The van der Waals surface area contributed by atoms with Crippen LogP contribution < -0.4 is 0 Å². The first kappa shape index (κ1) is 14.6. The van der Waals surface area contributed by atoms with Crippen molar-refractivity contribution in [3.8, 4) is 11.1 Å². The lowest BCUT2D eigenvalue weighted by molar-refractivity contribution is 0.661. The van der Waals surface area contributed by atoms with Crippen LogP contribution in [-0.4, -0.2) is 14.8 Å². The van der Waals surface area contributed by atoms with Crippen LogP contribution in [0.1, 0.15) is 22.0 Å². The fourth-order valence-corrected chi connectivity index (χ4v) is 4.50. The monoisotopic (exact) mass is 339 g/mol. The van der Waals surface area contributed by atoms with Crippen molar-refractivity contribution in [1.82, 2.24) is 14.8 Å². The van der Waals surface area contributed by atoms with Gasteiger partial charge in [-0.3, -0.25) is 4.68 Å². The Kier molecular flexibility index (Phi) is 3.54. The summed E-state index contributed by atoms with van der Waals surface area (Å²) in [6.45, 7) is 6.97. The van der Waals surface area contributed by atoms with Crippen molar-refractivity contribution < 1.29 is 0 Å². The first-order chi connectivity index (χ1) is 11.1. The quantitative estimate of drug-likeness (QED) is 0.514. The zero-order valence-corrected chi connectivity index (χ0v) is 15.0. The molecule has 116 valence electrons. The Bertz CT molecular complexity index is 977. The largest absolute Gasteiger partial charge is 0.265 e. The highest BCUT2D eigenvalue weighted by Gasteiger charge is 2.12. The van der Waals surface area contributed by atoms with E-state index >= 15 is 0 Å². The molecule has 0 aliphatic heterocycles. The Labute approximate surface area is 143 Å². The van der Waals surface area contributed by atoms with Crippen molar-refractivity contribution in [2.75, 3.05) is 0 Å². The van der Waals surface area contributed by atoms with Gasteiger partial charge in [0, 0.05) is 11.3 Å². The number of rotatable bonds is 3. The molecule has 0 spiro atoms. The average molecular weight is 339 g/mol. The van der Waals surface area contributed by atoms with Gasteiger partial charge in [-0.05, 0) is 66.9 Å². The average Bonchev–Trinajstić information content (AvgIpc) is 3.19. The van der Waals surface area contributed by atoms with Crippen LogP contribution in [0.15, 0.2) is 35.0 Å². The Morgan fingerprint density at radius 3 is 2.65 bits per heavy atom. The standard InChI is InChI=1S/C18H17N3S2/c1-11-6-12(2)21(20-11)9-16-7-15(14-4-5-22-10-14)8-17-18(16)19-13(3)23-17/h4-8,10H,9H2,1-3H3. The Morgan fingerprint density at radius 2 is 1.96 bits per heavy atom. The van der Waals surface area contributed by atoms with Gasteiger partial charge in [0.2, 0.25) is 0 Å². The van der Waals surface area contributed by atoms with Crippen LogP contribution in [0.3, 0.4) is 0 Å². The van der Waals surface area contributed by atoms with Crippen molar-refractivity contribution in [1.29, 1.82) is 0 Å². The van der Waals surface area contributed by atoms with Crippen molar-refractivity contribution in [2.45, 2.75) is 27.3 Å². The molecule has 0 unspecified atom stereocenters. The molecule has 0 bridgehead atoms. The smallest absolute Gasteiger partial charge is 0.0907 e. The van der Waals surface area contributed by atoms with Gasteiger partial charge in [0.05, 0.1) is 27.5 Å². The Hall–Kier alpha value is -1.98. The molecule has 3 heterocycles. The van der Waals surface area contributed by atoms with E-state index in [4.69, 9.17) is 4.98 Å². The van der Waals surface area contributed by atoms with Gasteiger partial charge in [-0.15, -0.1) is 11.3 Å². The molecular formula is C18H17N3S2. The number of benzene rings is 1. The summed E-state index contributed by atoms with van der Waals surface area (Å²) in [5.41, 5.74) is 7.13. The molecule has 0 fully saturated rings. The molecule has 4 aromatic rings. The van der Waals surface area contributed by atoms with Crippen LogP contribution in [0.4, 0.5) is 0 Å². The zero-order valence-electron chi connectivity index (χ0n) is 13.3. The summed E-state index contributed by atoms with van der Waals surface area (Å²) < 4.78 is 3.32. The third-order valence-corrected chi connectivity index (χ3v) is 5.56. The molecule has 4 rings (SSSR count). The molecule has 1 aromatic carbocycles. The molecule has 0 aliphatic rings. The number of aryl methyl sites for hydroxylation is 3. The summed E-state index contributed by atoms with van der Waals surface area (Å²) >= 11 is 3.49. The molecule has 0 N–H and O–H groups in total. The summed E-state index contributed by atoms with van der Waals surface area (Å²) in [5.74, 6) is 0. The molecule has 3 aromatic heterocycles. The predicted molar refractivity (Wildman–Crippen MR) is 98.5 cm³/mol. The highest BCUT2D eigenvalue weighted by molar-refractivity contribution is 7.18. The summed E-state index contributed by atoms with van der Waals surface area (Å²) in [6, 6.07) is 8.81. The minimum atomic E-state index is 0.761. The van der Waals surface area contributed by atoms with E-state index < -0.39 is 0 Å². The fourth-order valence-electron chi connectivity index (χ4n) is 2.92. The van der Waals surface area contributed by atoms with Crippen molar-refractivity contribution in [3.05, 3.63) is 57.0 Å². The zero-order chi connectivity index (χ0) is 16.0. The normalized spacial score (nSPS) is 11.4. The molecule has 0 amide bonds. The highest BCUT2D eigenvalue weighted by Crippen LogP contribution is 2.32. The van der Waals surface area contributed by atoms with Crippen molar-refractivity contribution in [3.63, 3.8) is 0 Å². The van der Waals surface area contributed by atoms with Crippen LogP contribution in [0.5, 0.6) is 0 Å². The van der Waals surface area contributed by atoms with Gasteiger partial charge in [-0.1, -0.05) is 0 Å². The van der Waals surface area contributed by atoms with Gasteiger partial charge in [-0.25, -0.2) is 4.98 Å². The number of hydrogen-bond donors (Lipinski definition) is 0. The third kappa shape index (κ3) is 2.71. The maximum atomic E-state index is 4.75. The topological polar surface area (TPSA) is 30.7 Å². The van der Waals surface area contributed by atoms with Crippen LogP contribution in [-0.2, 0) is 6.54 Å². The summed E-state index contributed by atoms with van der Waals surface area (Å²) in [5, 5.41) is 10.0. The summed E-state index contributed by atoms with van der Waals surface area (Å²) in [6.07, 6.45) is 0. The second kappa shape index (κ2) is 5.58. The van der Waals surface area contributed by atoms with Crippen LogP contribution >= 0.6 is 22.7 Å². The second-order valence-electron chi connectivity index (χ2n) is 5.81.